The van der Waals surface area contributed by atoms with E-state index < -0.39 is 24.1 Å². The summed E-state index contributed by atoms with van der Waals surface area (Å²) in [5, 5.41) is 35.1. The lowest BCUT2D eigenvalue weighted by molar-refractivity contribution is 0.361. The molecule has 0 saturated heterocycles. The third-order valence-corrected chi connectivity index (χ3v) is 14.5. The van der Waals surface area contributed by atoms with E-state index in [2.05, 4.69) is 24.3 Å². The molecule has 0 atom stereocenters. The number of sulfonamides is 2. The first-order valence-corrected chi connectivity index (χ1v) is 20.9. The lowest BCUT2D eigenvalue weighted by atomic mass is 10.1. The van der Waals surface area contributed by atoms with Gasteiger partial charge in [-0.2, -0.15) is 21.0 Å². The van der Waals surface area contributed by atoms with Gasteiger partial charge in [-0.3, -0.25) is 0 Å². The highest BCUT2D eigenvalue weighted by molar-refractivity contribution is 8.08. The van der Waals surface area contributed by atoms with Crippen molar-refractivity contribution < 1.29 is 16.8 Å². The molecule has 268 valence electrons. The van der Waals surface area contributed by atoms with Crippen LogP contribution in [0.2, 0.25) is 0 Å². The van der Waals surface area contributed by atoms with E-state index >= 15 is 0 Å². The van der Waals surface area contributed by atoms with E-state index in [1.807, 2.05) is 0 Å². The zero-order valence-corrected chi connectivity index (χ0v) is 31.1. The number of unbranched alkanes of at least 4 members (excludes halogenated alkanes) is 20. The predicted molar refractivity (Wildman–Crippen MR) is 188 cm³/mol. The van der Waals surface area contributed by atoms with E-state index in [4.69, 9.17) is 21.0 Å². The Hall–Kier alpha value is -2.22. The first-order chi connectivity index (χ1) is 22.5. The fourth-order valence-corrected chi connectivity index (χ4v) is 9.97. The average Bonchev–Trinajstić information content (AvgIpc) is 3.04. The van der Waals surface area contributed by atoms with Gasteiger partial charge in [0.05, 0.1) is 24.3 Å². The Morgan fingerprint density at radius 2 is 0.574 bits per heavy atom. The van der Waals surface area contributed by atoms with Crippen molar-refractivity contribution in [1.82, 2.24) is 8.61 Å². The van der Waals surface area contributed by atoms with Gasteiger partial charge < -0.3 is 0 Å². The Bertz CT molecular complexity index is 1050. The molecule has 0 aliphatic rings. The Kier molecular flexibility index (Phi) is 26.4. The minimum Gasteiger partial charge on any atom is -0.210 e. The molecule has 0 unspecified atom stereocenters. The van der Waals surface area contributed by atoms with Crippen LogP contribution in [0.25, 0.3) is 0 Å². The highest BCUT2D eigenvalue weighted by atomic mass is 32.3. The van der Waals surface area contributed by atoms with E-state index in [0.717, 1.165) is 103 Å². The van der Waals surface area contributed by atoms with Gasteiger partial charge in [-0.15, -0.1) is 0 Å². The summed E-state index contributed by atoms with van der Waals surface area (Å²) in [5.74, 6) is 0. The molecule has 0 saturated carbocycles. The third-order valence-electron chi connectivity index (χ3n) is 8.71. The molecule has 0 spiro atoms. The quantitative estimate of drug-likeness (QED) is 0.0631. The van der Waals surface area contributed by atoms with Crippen molar-refractivity contribution >= 4 is 20.0 Å². The monoisotopic (exact) mass is 694 g/mol. The van der Waals surface area contributed by atoms with Crippen LogP contribution in [0, 0.1) is 45.3 Å². The summed E-state index contributed by atoms with van der Waals surface area (Å²) in [6, 6.07) is 8.59. The van der Waals surface area contributed by atoms with Gasteiger partial charge in [0.2, 0.25) is 20.0 Å². The topological polar surface area (TPSA) is 170 Å². The summed E-state index contributed by atoms with van der Waals surface area (Å²) < 4.78 is 57.8. The molecule has 0 bridgehead atoms. The van der Waals surface area contributed by atoms with E-state index in [1.165, 1.54) is 22.5 Å². The molecule has 0 aromatic heterocycles. The summed E-state index contributed by atoms with van der Waals surface area (Å²) in [6.45, 7) is 3.73. The van der Waals surface area contributed by atoms with Gasteiger partial charge in [0.1, 0.15) is 0 Å². The lowest BCUT2D eigenvalue weighted by Crippen LogP contribution is -2.55. The molecule has 0 amide bonds. The number of nitrogens with zero attached hydrogens (tertiary/aromatic N) is 6. The number of rotatable bonds is 32. The largest absolute Gasteiger partial charge is 0.235 e. The van der Waals surface area contributed by atoms with Gasteiger partial charge in [0.15, 0.2) is 4.08 Å². The van der Waals surface area contributed by atoms with E-state index in [-0.39, 0.29) is 26.2 Å². The predicted octanol–water partition coefficient (Wildman–Crippen LogP) is 8.44. The molecule has 0 aliphatic heterocycles. The highest BCUT2D eigenvalue weighted by Crippen LogP contribution is 2.32. The van der Waals surface area contributed by atoms with Gasteiger partial charge >= 0.3 is 0 Å². The van der Waals surface area contributed by atoms with Gasteiger partial charge in [-0.1, -0.05) is 77.0 Å². The standard InChI is InChI=1S/C35H62N6O4S2/c1-35(2,46(42,43)40(31-23-15-7-3-11-19-27-36)32-24-16-8-4-12-20-28-37)47(44,45)41(33-25-17-9-5-13-21-29-38)34-26-18-10-6-14-22-30-39/h3-26,31-34H2,1-2H3. The second-order valence-electron chi connectivity index (χ2n) is 12.9. The fourth-order valence-electron chi connectivity index (χ4n) is 5.55. The van der Waals surface area contributed by atoms with E-state index in [0.29, 0.717) is 51.4 Å². The van der Waals surface area contributed by atoms with Crippen LogP contribution in [0.1, 0.15) is 168 Å². The van der Waals surface area contributed by atoms with Crippen LogP contribution in [-0.2, 0) is 20.0 Å². The van der Waals surface area contributed by atoms with Gasteiger partial charge in [-0.05, 0) is 65.2 Å². The molecule has 47 heavy (non-hydrogen) atoms. The summed E-state index contributed by atoms with van der Waals surface area (Å²) in [7, 11) is -8.48. The van der Waals surface area contributed by atoms with Crippen LogP contribution in [0.5, 0.6) is 0 Å². The summed E-state index contributed by atoms with van der Waals surface area (Å²) in [5.41, 5.74) is 0. The highest BCUT2D eigenvalue weighted by Gasteiger charge is 2.52. The summed E-state index contributed by atoms with van der Waals surface area (Å²) >= 11 is 0. The summed E-state index contributed by atoms with van der Waals surface area (Å²) in [6.07, 6.45) is 18.4. The first kappa shape index (κ1) is 44.8. The summed E-state index contributed by atoms with van der Waals surface area (Å²) in [4.78, 5) is 0. The minimum atomic E-state index is -4.24. The first-order valence-electron chi connectivity index (χ1n) is 18.0. The van der Waals surface area contributed by atoms with Crippen molar-refractivity contribution in [2.75, 3.05) is 26.2 Å². The maximum Gasteiger partial charge on any atom is 0.235 e. The number of nitriles is 4. The number of hydrogen-bond donors (Lipinski definition) is 0. The molecule has 0 aromatic rings. The normalized spacial score (nSPS) is 12.1. The maximum atomic E-state index is 14.3. The Morgan fingerprint density at radius 3 is 0.787 bits per heavy atom. The molecule has 0 fully saturated rings. The molecule has 0 N–H and O–H groups in total. The SMILES string of the molecule is CC(C)(S(=O)(=O)N(CCCCCCCC#N)CCCCCCCC#N)S(=O)(=O)N(CCCCCCCC#N)CCCCCCCC#N. The molecule has 12 heteroatoms. The zero-order chi connectivity index (χ0) is 35.3. The molecular weight excluding hydrogens is 633 g/mol. The molecule has 0 aliphatic carbocycles. The molecule has 0 rings (SSSR count). The molecule has 0 aromatic carbocycles. The van der Waals surface area contributed by atoms with Gasteiger partial charge in [-0.25, -0.2) is 25.4 Å². The van der Waals surface area contributed by atoms with Crippen molar-refractivity contribution in [3.05, 3.63) is 0 Å². The minimum absolute atomic E-state index is 0.263. The molecule has 0 radical (unpaired) electrons. The Morgan fingerprint density at radius 1 is 0.383 bits per heavy atom. The van der Waals surface area contributed by atoms with Crippen molar-refractivity contribution in [3.63, 3.8) is 0 Å². The maximum absolute atomic E-state index is 14.3. The lowest BCUT2D eigenvalue weighted by Gasteiger charge is -2.36. The van der Waals surface area contributed by atoms with Crippen LogP contribution >= 0.6 is 0 Å². The smallest absolute Gasteiger partial charge is 0.210 e. The van der Waals surface area contributed by atoms with Crippen LogP contribution in [0.4, 0.5) is 0 Å². The Labute approximate surface area is 288 Å². The van der Waals surface area contributed by atoms with Crippen LogP contribution in [0.3, 0.4) is 0 Å². The van der Waals surface area contributed by atoms with Crippen LogP contribution in [0.15, 0.2) is 0 Å². The second kappa shape index (κ2) is 27.7. The zero-order valence-electron chi connectivity index (χ0n) is 29.4. The fraction of sp³-hybridized carbons (Fsp3) is 0.886. The van der Waals surface area contributed by atoms with Gasteiger partial charge in [0, 0.05) is 51.9 Å². The van der Waals surface area contributed by atoms with E-state index in [1.54, 1.807) is 0 Å². The van der Waals surface area contributed by atoms with Crippen LogP contribution in [-0.4, -0.2) is 55.7 Å². The van der Waals surface area contributed by atoms with Crippen molar-refractivity contribution in [3.8, 4) is 24.3 Å². The van der Waals surface area contributed by atoms with E-state index in [9.17, 15) is 16.8 Å². The molecule has 0 heterocycles. The molecular formula is C35H62N6O4S2. The second-order valence-corrected chi connectivity index (χ2v) is 18.1. The van der Waals surface area contributed by atoms with Crippen molar-refractivity contribution in [1.29, 1.82) is 21.0 Å². The van der Waals surface area contributed by atoms with Crippen LogP contribution < -0.4 is 0 Å². The molecule has 10 nitrogen and oxygen atoms in total. The number of hydrogen-bond acceptors (Lipinski definition) is 8. The average molecular weight is 695 g/mol. The van der Waals surface area contributed by atoms with Crippen molar-refractivity contribution in [2.24, 2.45) is 0 Å². The van der Waals surface area contributed by atoms with Gasteiger partial charge in [0.25, 0.3) is 0 Å². The van der Waals surface area contributed by atoms with Crippen molar-refractivity contribution in [2.45, 2.75) is 172 Å². The third kappa shape index (κ3) is 18.8. The Balaban J connectivity index is 5.75.